The molecule has 1 saturated heterocycles. The molecule has 0 amide bonds. The Morgan fingerprint density at radius 1 is 0.900 bits per heavy atom. The van der Waals surface area contributed by atoms with Crippen molar-refractivity contribution in [2.45, 2.75) is 6.54 Å². The minimum atomic E-state index is 1.02. The van der Waals surface area contributed by atoms with E-state index in [9.17, 15) is 0 Å². The van der Waals surface area contributed by atoms with E-state index in [1.165, 1.54) is 11.3 Å². The molecular weight excluding hydrogens is 314 g/mol. The van der Waals surface area contributed by atoms with Crippen LogP contribution in [0.4, 0.5) is 5.69 Å². The van der Waals surface area contributed by atoms with Crippen LogP contribution in [-0.2, 0) is 6.54 Å². The van der Waals surface area contributed by atoms with Gasteiger partial charge in [0.05, 0.1) is 0 Å². The standard InChI is InChI=1S/C16H18BrN3/c17-15-1-3-16(4-2-15)20-11-9-19(10-12-20)13-14-5-7-18-8-6-14/h1-8H,9-13H2. The Hall–Kier alpha value is -1.39. The lowest BCUT2D eigenvalue weighted by Gasteiger charge is -2.36. The van der Waals surface area contributed by atoms with Crippen LogP contribution in [0.2, 0.25) is 0 Å². The molecule has 0 atom stereocenters. The lowest BCUT2D eigenvalue weighted by Crippen LogP contribution is -2.45. The summed E-state index contributed by atoms with van der Waals surface area (Å²) in [5.74, 6) is 0. The van der Waals surface area contributed by atoms with Gasteiger partial charge in [0.15, 0.2) is 0 Å². The molecule has 1 aliphatic rings. The highest BCUT2D eigenvalue weighted by Gasteiger charge is 2.17. The van der Waals surface area contributed by atoms with Gasteiger partial charge in [-0.15, -0.1) is 0 Å². The van der Waals surface area contributed by atoms with Gasteiger partial charge < -0.3 is 4.90 Å². The molecule has 1 aliphatic heterocycles. The van der Waals surface area contributed by atoms with Gasteiger partial charge in [0, 0.05) is 55.3 Å². The van der Waals surface area contributed by atoms with Crippen LogP contribution in [0, 0.1) is 0 Å². The molecule has 4 heteroatoms. The molecule has 1 aromatic carbocycles. The summed E-state index contributed by atoms with van der Waals surface area (Å²) < 4.78 is 1.14. The van der Waals surface area contributed by atoms with Gasteiger partial charge in [-0.1, -0.05) is 15.9 Å². The Morgan fingerprint density at radius 2 is 1.55 bits per heavy atom. The number of rotatable bonds is 3. The number of pyridine rings is 1. The van der Waals surface area contributed by atoms with E-state index in [4.69, 9.17) is 0 Å². The van der Waals surface area contributed by atoms with Gasteiger partial charge in [0.25, 0.3) is 0 Å². The third-order valence-electron chi connectivity index (χ3n) is 3.72. The van der Waals surface area contributed by atoms with Crippen molar-refractivity contribution in [3.8, 4) is 0 Å². The quantitative estimate of drug-likeness (QED) is 0.861. The van der Waals surface area contributed by atoms with Crippen LogP contribution in [0.3, 0.4) is 0 Å². The molecule has 0 bridgehead atoms. The highest BCUT2D eigenvalue weighted by molar-refractivity contribution is 9.10. The minimum Gasteiger partial charge on any atom is -0.369 e. The number of hydrogen-bond donors (Lipinski definition) is 0. The first-order chi connectivity index (χ1) is 9.81. The monoisotopic (exact) mass is 331 g/mol. The van der Waals surface area contributed by atoms with Gasteiger partial charge in [-0.25, -0.2) is 0 Å². The lowest BCUT2D eigenvalue weighted by atomic mass is 10.2. The van der Waals surface area contributed by atoms with Crippen LogP contribution < -0.4 is 4.90 Å². The molecule has 3 nitrogen and oxygen atoms in total. The van der Waals surface area contributed by atoms with Gasteiger partial charge in [-0.2, -0.15) is 0 Å². The van der Waals surface area contributed by atoms with E-state index in [0.717, 1.165) is 37.2 Å². The second-order valence-electron chi connectivity index (χ2n) is 5.10. The second kappa shape index (κ2) is 6.37. The summed E-state index contributed by atoms with van der Waals surface area (Å²) in [4.78, 5) is 9.03. The fourth-order valence-electron chi connectivity index (χ4n) is 2.56. The number of hydrogen-bond acceptors (Lipinski definition) is 3. The highest BCUT2D eigenvalue weighted by atomic mass is 79.9. The molecule has 104 valence electrons. The normalized spacial score (nSPS) is 16.4. The largest absolute Gasteiger partial charge is 0.369 e. The molecule has 1 fully saturated rings. The van der Waals surface area contributed by atoms with Crippen LogP contribution in [0.15, 0.2) is 53.3 Å². The van der Waals surface area contributed by atoms with Crippen molar-refractivity contribution in [1.29, 1.82) is 0 Å². The molecule has 2 aromatic rings. The van der Waals surface area contributed by atoms with Crippen LogP contribution >= 0.6 is 15.9 Å². The summed E-state index contributed by atoms with van der Waals surface area (Å²) in [6.07, 6.45) is 3.74. The maximum absolute atomic E-state index is 4.07. The molecule has 0 unspecified atom stereocenters. The molecule has 0 saturated carbocycles. The van der Waals surface area contributed by atoms with Gasteiger partial charge in [0.1, 0.15) is 0 Å². The first kappa shape index (κ1) is 13.6. The van der Waals surface area contributed by atoms with E-state index in [-0.39, 0.29) is 0 Å². The first-order valence-corrected chi connectivity index (χ1v) is 7.72. The number of halogens is 1. The molecular formula is C16H18BrN3. The maximum Gasteiger partial charge on any atom is 0.0367 e. The Labute approximate surface area is 128 Å². The van der Waals surface area contributed by atoms with Gasteiger partial charge in [0.2, 0.25) is 0 Å². The highest BCUT2D eigenvalue weighted by Crippen LogP contribution is 2.20. The zero-order valence-electron chi connectivity index (χ0n) is 11.4. The van der Waals surface area contributed by atoms with Crippen molar-refractivity contribution in [2.75, 3.05) is 31.1 Å². The second-order valence-corrected chi connectivity index (χ2v) is 6.01. The molecule has 3 rings (SSSR count). The number of aromatic nitrogens is 1. The summed E-state index contributed by atoms with van der Waals surface area (Å²) in [5, 5.41) is 0. The summed E-state index contributed by atoms with van der Waals surface area (Å²) in [7, 11) is 0. The third kappa shape index (κ3) is 3.38. The average molecular weight is 332 g/mol. The average Bonchev–Trinajstić information content (AvgIpc) is 2.50. The van der Waals surface area contributed by atoms with Crippen molar-refractivity contribution >= 4 is 21.6 Å². The summed E-state index contributed by atoms with van der Waals surface area (Å²) in [5.41, 5.74) is 2.66. The summed E-state index contributed by atoms with van der Waals surface area (Å²) in [6.45, 7) is 5.42. The molecule has 2 heterocycles. The molecule has 0 N–H and O–H groups in total. The Bertz CT molecular complexity index is 533. The predicted molar refractivity (Wildman–Crippen MR) is 85.9 cm³/mol. The zero-order valence-corrected chi connectivity index (χ0v) is 13.0. The number of anilines is 1. The van der Waals surface area contributed by atoms with Crippen molar-refractivity contribution in [2.24, 2.45) is 0 Å². The van der Waals surface area contributed by atoms with Crippen molar-refractivity contribution < 1.29 is 0 Å². The molecule has 0 aliphatic carbocycles. The minimum absolute atomic E-state index is 1.02. The number of benzene rings is 1. The van der Waals surface area contributed by atoms with E-state index in [1.54, 1.807) is 0 Å². The van der Waals surface area contributed by atoms with Crippen molar-refractivity contribution in [3.63, 3.8) is 0 Å². The van der Waals surface area contributed by atoms with Crippen LogP contribution in [0.25, 0.3) is 0 Å². The number of nitrogens with zero attached hydrogens (tertiary/aromatic N) is 3. The van der Waals surface area contributed by atoms with Crippen LogP contribution in [-0.4, -0.2) is 36.1 Å². The maximum atomic E-state index is 4.07. The molecule has 0 radical (unpaired) electrons. The number of piperazine rings is 1. The van der Waals surface area contributed by atoms with Crippen molar-refractivity contribution in [1.82, 2.24) is 9.88 Å². The van der Waals surface area contributed by atoms with E-state index in [1.807, 2.05) is 12.4 Å². The molecule has 1 aromatic heterocycles. The first-order valence-electron chi connectivity index (χ1n) is 6.93. The fourth-order valence-corrected chi connectivity index (χ4v) is 2.83. The topological polar surface area (TPSA) is 19.4 Å². The summed E-state index contributed by atoms with van der Waals surface area (Å²) in [6, 6.07) is 12.8. The fraction of sp³-hybridized carbons (Fsp3) is 0.312. The molecule has 0 spiro atoms. The van der Waals surface area contributed by atoms with E-state index in [0.29, 0.717) is 0 Å². The van der Waals surface area contributed by atoms with Crippen molar-refractivity contribution in [3.05, 3.63) is 58.8 Å². The van der Waals surface area contributed by atoms with E-state index < -0.39 is 0 Å². The Kier molecular flexibility index (Phi) is 4.33. The third-order valence-corrected chi connectivity index (χ3v) is 4.25. The van der Waals surface area contributed by atoms with Crippen LogP contribution in [0.5, 0.6) is 0 Å². The SMILES string of the molecule is Brc1ccc(N2CCN(Cc3ccncc3)CC2)cc1. The van der Waals surface area contributed by atoms with Gasteiger partial charge >= 0.3 is 0 Å². The Morgan fingerprint density at radius 3 is 2.20 bits per heavy atom. The predicted octanol–water partition coefficient (Wildman–Crippen LogP) is 3.17. The van der Waals surface area contributed by atoms with E-state index >= 15 is 0 Å². The van der Waals surface area contributed by atoms with Gasteiger partial charge in [-0.3, -0.25) is 9.88 Å². The zero-order chi connectivity index (χ0) is 13.8. The molecule has 20 heavy (non-hydrogen) atoms. The van der Waals surface area contributed by atoms with Gasteiger partial charge in [-0.05, 0) is 42.0 Å². The smallest absolute Gasteiger partial charge is 0.0367 e. The Balaban J connectivity index is 1.55. The van der Waals surface area contributed by atoms with Crippen LogP contribution in [0.1, 0.15) is 5.56 Å². The van der Waals surface area contributed by atoms with E-state index in [2.05, 4.69) is 67.1 Å². The summed E-state index contributed by atoms with van der Waals surface area (Å²) >= 11 is 3.48. The lowest BCUT2D eigenvalue weighted by molar-refractivity contribution is 0.250.